The van der Waals surface area contributed by atoms with Crippen molar-refractivity contribution in [2.45, 2.75) is 6.54 Å². The fourth-order valence-electron chi connectivity index (χ4n) is 1.57. The van der Waals surface area contributed by atoms with Crippen molar-refractivity contribution >= 4 is 11.8 Å². The maximum absolute atomic E-state index is 11.9. The number of hydrogen-bond acceptors (Lipinski definition) is 3. The van der Waals surface area contributed by atoms with Crippen LogP contribution in [-0.4, -0.2) is 34.8 Å². The maximum atomic E-state index is 11.9. The van der Waals surface area contributed by atoms with Gasteiger partial charge in [-0.25, -0.2) is 0 Å². The summed E-state index contributed by atoms with van der Waals surface area (Å²) < 4.78 is 0. The lowest BCUT2D eigenvalue weighted by Crippen LogP contribution is -2.30. The molecule has 0 bridgehead atoms. The Balaban J connectivity index is 2.46. The molecule has 0 atom stereocenters. The molecule has 0 spiro atoms. The van der Waals surface area contributed by atoms with Gasteiger partial charge < -0.3 is 10.2 Å². The number of rotatable bonds is 8. The van der Waals surface area contributed by atoms with Gasteiger partial charge in [0.2, 0.25) is 11.8 Å². The quantitative estimate of drug-likeness (QED) is 0.581. The van der Waals surface area contributed by atoms with Crippen LogP contribution < -0.4 is 5.32 Å². The minimum Gasteiger partial charge on any atom is -0.348 e. The standard InChI is InChI=1S/C16H19N3O2/c1-3-11-19(12-4-2)16(21)6-5-15(20)18-13-14-7-9-17-10-8-14/h3-10H,1-2,11-13H2,(H,18,20). The molecule has 1 N–H and O–H groups in total. The first-order valence-corrected chi connectivity index (χ1v) is 6.53. The third kappa shape index (κ3) is 6.33. The van der Waals surface area contributed by atoms with Crippen LogP contribution in [-0.2, 0) is 16.1 Å². The molecule has 1 heterocycles. The molecule has 2 amide bonds. The molecule has 5 nitrogen and oxygen atoms in total. The summed E-state index contributed by atoms with van der Waals surface area (Å²) in [4.78, 5) is 28.9. The van der Waals surface area contributed by atoms with Crippen molar-refractivity contribution in [3.05, 3.63) is 67.6 Å². The number of aromatic nitrogens is 1. The number of hydrogen-bond donors (Lipinski definition) is 1. The zero-order valence-electron chi connectivity index (χ0n) is 11.9. The van der Waals surface area contributed by atoms with Crippen molar-refractivity contribution in [1.82, 2.24) is 15.2 Å². The molecule has 1 aromatic rings. The normalized spacial score (nSPS) is 10.1. The first-order chi connectivity index (χ1) is 10.2. The van der Waals surface area contributed by atoms with E-state index in [-0.39, 0.29) is 11.8 Å². The summed E-state index contributed by atoms with van der Waals surface area (Å²) in [6.07, 6.45) is 9.03. The third-order valence-electron chi connectivity index (χ3n) is 2.60. The van der Waals surface area contributed by atoms with E-state index in [0.717, 1.165) is 5.56 Å². The van der Waals surface area contributed by atoms with Gasteiger partial charge >= 0.3 is 0 Å². The second kappa shape index (κ2) is 9.25. The number of pyridine rings is 1. The number of carbonyl (C=O) groups excluding carboxylic acids is 2. The average molecular weight is 285 g/mol. The van der Waals surface area contributed by atoms with Crippen LogP contribution in [0.25, 0.3) is 0 Å². The molecule has 0 unspecified atom stereocenters. The van der Waals surface area contributed by atoms with Crippen LogP contribution in [0.3, 0.4) is 0 Å². The fourth-order valence-corrected chi connectivity index (χ4v) is 1.57. The van der Waals surface area contributed by atoms with Gasteiger partial charge in [-0.05, 0) is 17.7 Å². The largest absolute Gasteiger partial charge is 0.348 e. The zero-order chi connectivity index (χ0) is 15.5. The molecule has 0 saturated heterocycles. The van der Waals surface area contributed by atoms with E-state index in [2.05, 4.69) is 23.5 Å². The second-order valence-electron chi connectivity index (χ2n) is 4.23. The number of carbonyl (C=O) groups is 2. The molecule has 0 fully saturated rings. The molecule has 0 aliphatic rings. The summed E-state index contributed by atoms with van der Waals surface area (Å²) in [6, 6.07) is 3.62. The van der Waals surface area contributed by atoms with Gasteiger partial charge in [-0.2, -0.15) is 0 Å². The highest BCUT2D eigenvalue weighted by molar-refractivity contribution is 5.96. The molecular weight excluding hydrogens is 266 g/mol. The van der Waals surface area contributed by atoms with E-state index in [9.17, 15) is 9.59 Å². The lowest BCUT2D eigenvalue weighted by Gasteiger charge is -2.16. The van der Waals surface area contributed by atoms with Crippen LogP contribution in [0.5, 0.6) is 0 Å². The molecule has 0 aliphatic heterocycles. The summed E-state index contributed by atoms with van der Waals surface area (Å²) in [7, 11) is 0. The highest BCUT2D eigenvalue weighted by Crippen LogP contribution is 1.96. The zero-order valence-corrected chi connectivity index (χ0v) is 11.9. The number of nitrogens with zero attached hydrogens (tertiary/aromatic N) is 2. The second-order valence-corrected chi connectivity index (χ2v) is 4.23. The van der Waals surface area contributed by atoms with E-state index in [1.165, 1.54) is 17.1 Å². The maximum Gasteiger partial charge on any atom is 0.247 e. The van der Waals surface area contributed by atoms with Crippen LogP contribution in [0.4, 0.5) is 0 Å². The van der Waals surface area contributed by atoms with Crippen LogP contribution in [0.1, 0.15) is 5.56 Å². The Labute approximate surface area is 124 Å². The van der Waals surface area contributed by atoms with Crippen molar-refractivity contribution in [2.75, 3.05) is 13.1 Å². The molecule has 5 heteroatoms. The predicted molar refractivity (Wildman–Crippen MR) is 82.2 cm³/mol. The first-order valence-electron chi connectivity index (χ1n) is 6.53. The summed E-state index contributed by atoms with van der Waals surface area (Å²) >= 11 is 0. The molecule has 0 aliphatic carbocycles. The Morgan fingerprint density at radius 2 is 1.76 bits per heavy atom. The van der Waals surface area contributed by atoms with Gasteiger partial charge in [-0.3, -0.25) is 14.6 Å². The molecule has 0 radical (unpaired) electrons. The Bertz CT molecular complexity index is 514. The lowest BCUT2D eigenvalue weighted by molar-refractivity contribution is -0.125. The Kier molecular flexibility index (Phi) is 7.21. The van der Waals surface area contributed by atoms with E-state index < -0.39 is 0 Å². The molecule has 0 saturated carbocycles. The van der Waals surface area contributed by atoms with Crippen molar-refractivity contribution in [1.29, 1.82) is 0 Å². The summed E-state index contributed by atoms with van der Waals surface area (Å²) in [6.45, 7) is 8.39. The Morgan fingerprint density at radius 1 is 1.14 bits per heavy atom. The average Bonchev–Trinajstić information content (AvgIpc) is 2.51. The highest BCUT2D eigenvalue weighted by Gasteiger charge is 2.07. The minimum atomic E-state index is -0.322. The van der Waals surface area contributed by atoms with Crippen LogP contribution in [0.2, 0.25) is 0 Å². The van der Waals surface area contributed by atoms with E-state index >= 15 is 0 Å². The third-order valence-corrected chi connectivity index (χ3v) is 2.60. The van der Waals surface area contributed by atoms with Gasteiger partial charge in [-0.1, -0.05) is 12.2 Å². The molecule has 21 heavy (non-hydrogen) atoms. The van der Waals surface area contributed by atoms with E-state index in [1.807, 2.05) is 12.1 Å². The van der Waals surface area contributed by atoms with Gasteiger partial charge in [0, 0.05) is 44.2 Å². The lowest BCUT2D eigenvalue weighted by atomic mass is 10.2. The van der Waals surface area contributed by atoms with Crippen molar-refractivity contribution < 1.29 is 9.59 Å². The number of amides is 2. The van der Waals surface area contributed by atoms with Crippen LogP contribution in [0, 0.1) is 0 Å². The number of nitrogens with one attached hydrogen (secondary N) is 1. The first kappa shape index (κ1) is 16.4. The van der Waals surface area contributed by atoms with Gasteiger partial charge in [0.15, 0.2) is 0 Å². The molecular formula is C16H19N3O2. The molecule has 0 aromatic carbocycles. The predicted octanol–water partition coefficient (Wildman–Crippen LogP) is 1.45. The van der Waals surface area contributed by atoms with Crippen molar-refractivity contribution in [2.24, 2.45) is 0 Å². The summed E-state index contributed by atoms with van der Waals surface area (Å²) in [5, 5.41) is 2.69. The highest BCUT2D eigenvalue weighted by atomic mass is 16.2. The molecule has 110 valence electrons. The van der Waals surface area contributed by atoms with E-state index in [1.54, 1.807) is 24.5 Å². The monoisotopic (exact) mass is 285 g/mol. The van der Waals surface area contributed by atoms with Gasteiger partial charge in [0.05, 0.1) is 0 Å². The smallest absolute Gasteiger partial charge is 0.247 e. The summed E-state index contributed by atoms with van der Waals surface area (Å²) in [5.74, 6) is -0.578. The van der Waals surface area contributed by atoms with Crippen molar-refractivity contribution in [3.63, 3.8) is 0 Å². The van der Waals surface area contributed by atoms with E-state index in [0.29, 0.717) is 19.6 Å². The molecule has 1 aromatic heterocycles. The SMILES string of the molecule is C=CCN(CC=C)C(=O)C=CC(=O)NCc1ccncc1. The van der Waals surface area contributed by atoms with Crippen molar-refractivity contribution in [3.8, 4) is 0 Å². The topological polar surface area (TPSA) is 62.3 Å². The molecule has 1 rings (SSSR count). The van der Waals surface area contributed by atoms with Gasteiger partial charge in [-0.15, -0.1) is 13.2 Å². The van der Waals surface area contributed by atoms with Crippen LogP contribution >= 0.6 is 0 Å². The van der Waals surface area contributed by atoms with Gasteiger partial charge in [0.25, 0.3) is 0 Å². The van der Waals surface area contributed by atoms with Gasteiger partial charge in [0.1, 0.15) is 0 Å². The fraction of sp³-hybridized carbons (Fsp3) is 0.188. The Hall–Kier alpha value is -2.69. The Morgan fingerprint density at radius 3 is 2.33 bits per heavy atom. The van der Waals surface area contributed by atoms with Crippen LogP contribution in [0.15, 0.2) is 62.0 Å². The summed E-state index contributed by atoms with van der Waals surface area (Å²) in [5.41, 5.74) is 0.943. The minimum absolute atomic E-state index is 0.256. The van der Waals surface area contributed by atoms with E-state index in [4.69, 9.17) is 0 Å².